The summed E-state index contributed by atoms with van der Waals surface area (Å²) in [5, 5.41) is 0. The molecule has 0 aromatic rings. The van der Waals surface area contributed by atoms with Crippen LogP contribution in [0.2, 0.25) is 0 Å². The number of rotatable bonds is 13. The normalized spacial score (nSPS) is 11.6. The van der Waals surface area contributed by atoms with Crippen LogP contribution in [0.25, 0.3) is 0 Å². The van der Waals surface area contributed by atoms with Crippen molar-refractivity contribution in [3.63, 3.8) is 0 Å². The predicted molar refractivity (Wildman–Crippen MR) is 81.5 cm³/mol. The van der Waals surface area contributed by atoms with Crippen molar-refractivity contribution in [1.29, 1.82) is 0 Å². The molecular formula is C15H28F2O2S. The van der Waals surface area contributed by atoms with Crippen LogP contribution in [0, 0.1) is 0 Å². The van der Waals surface area contributed by atoms with Gasteiger partial charge < -0.3 is 4.74 Å². The van der Waals surface area contributed by atoms with Crippen LogP contribution in [0.4, 0.5) is 8.78 Å². The molecule has 120 valence electrons. The van der Waals surface area contributed by atoms with Crippen molar-refractivity contribution in [3.8, 4) is 0 Å². The van der Waals surface area contributed by atoms with Crippen molar-refractivity contribution in [2.45, 2.75) is 71.1 Å². The fourth-order valence-electron chi connectivity index (χ4n) is 1.67. The first-order valence-electron chi connectivity index (χ1n) is 7.63. The highest BCUT2D eigenvalue weighted by Gasteiger charge is 2.24. The Hall–Kier alpha value is -0.320. The molecule has 5 heteroatoms. The van der Waals surface area contributed by atoms with Gasteiger partial charge in [-0.05, 0) is 25.0 Å². The monoisotopic (exact) mass is 310 g/mol. The summed E-state index contributed by atoms with van der Waals surface area (Å²) in [5.74, 6) is -1.02. The van der Waals surface area contributed by atoms with Gasteiger partial charge in [0, 0.05) is 25.0 Å². The molecule has 0 unspecified atom stereocenters. The summed E-state index contributed by atoms with van der Waals surface area (Å²) in [6.45, 7) is 4.04. The Labute approximate surface area is 126 Å². The maximum absolute atomic E-state index is 12.9. The number of hydrogen-bond donors (Lipinski definition) is 0. The molecule has 0 radical (unpaired) electrons. The maximum atomic E-state index is 12.9. The molecule has 0 aliphatic heterocycles. The zero-order valence-electron chi connectivity index (χ0n) is 12.8. The van der Waals surface area contributed by atoms with Gasteiger partial charge in [-0.3, -0.25) is 4.79 Å². The molecule has 0 spiro atoms. The Morgan fingerprint density at radius 2 is 1.85 bits per heavy atom. The van der Waals surface area contributed by atoms with Crippen molar-refractivity contribution >= 4 is 17.7 Å². The quantitative estimate of drug-likeness (QED) is 0.351. The second-order valence-corrected chi connectivity index (χ2v) is 6.18. The van der Waals surface area contributed by atoms with E-state index >= 15 is 0 Å². The molecule has 0 N–H and O–H groups in total. The van der Waals surface area contributed by atoms with Gasteiger partial charge in [-0.15, -0.1) is 0 Å². The second kappa shape index (κ2) is 12.4. The molecule has 0 saturated carbocycles. The zero-order chi connectivity index (χ0) is 15.3. The van der Waals surface area contributed by atoms with Crippen LogP contribution in [0.15, 0.2) is 0 Å². The number of carbonyl (C=O) groups is 1. The largest absolute Gasteiger partial charge is 0.465 e. The summed E-state index contributed by atoms with van der Waals surface area (Å²) in [6, 6.07) is 0. The van der Waals surface area contributed by atoms with Crippen LogP contribution in [0.5, 0.6) is 0 Å². The molecule has 0 heterocycles. The lowest BCUT2D eigenvalue weighted by molar-refractivity contribution is -0.143. The summed E-state index contributed by atoms with van der Waals surface area (Å²) >= 11 is 1.66. The van der Waals surface area contributed by atoms with Gasteiger partial charge in [0.25, 0.3) is 0 Å². The molecular weight excluding hydrogens is 282 g/mol. The zero-order valence-corrected chi connectivity index (χ0v) is 13.6. The molecule has 0 aliphatic carbocycles. The lowest BCUT2D eigenvalue weighted by atomic mass is 10.1. The Balaban J connectivity index is 3.26. The minimum atomic E-state index is -2.50. The number of thioether (sulfide) groups is 1. The third kappa shape index (κ3) is 12.7. The van der Waals surface area contributed by atoms with Crippen LogP contribution >= 0.6 is 11.8 Å². The van der Waals surface area contributed by atoms with Crippen molar-refractivity contribution in [2.75, 3.05) is 18.1 Å². The first-order valence-corrected chi connectivity index (χ1v) is 8.78. The average molecular weight is 310 g/mol. The van der Waals surface area contributed by atoms with Gasteiger partial charge >= 0.3 is 5.97 Å². The van der Waals surface area contributed by atoms with Gasteiger partial charge in [0.1, 0.15) is 6.61 Å². The van der Waals surface area contributed by atoms with E-state index in [2.05, 4.69) is 6.92 Å². The molecule has 2 nitrogen and oxygen atoms in total. The van der Waals surface area contributed by atoms with E-state index in [4.69, 9.17) is 4.74 Å². The first-order chi connectivity index (χ1) is 9.52. The summed E-state index contributed by atoms with van der Waals surface area (Å²) in [6.07, 6.45) is 4.82. The third-order valence-corrected chi connectivity index (χ3v) is 4.11. The average Bonchev–Trinajstić information content (AvgIpc) is 2.42. The number of unbranched alkanes of at least 4 members (excludes halogenated alkanes) is 3. The van der Waals surface area contributed by atoms with Gasteiger partial charge in [0.2, 0.25) is 5.92 Å². The Morgan fingerprint density at radius 3 is 2.50 bits per heavy atom. The van der Waals surface area contributed by atoms with E-state index in [1.165, 1.54) is 6.92 Å². The SMILES string of the molecule is CCCCCC(=O)OCCSCCCCC(F)(F)CC. The Bertz CT molecular complexity index is 248. The lowest BCUT2D eigenvalue weighted by Gasteiger charge is -2.12. The van der Waals surface area contributed by atoms with Gasteiger partial charge in [-0.1, -0.05) is 26.7 Å². The summed E-state index contributed by atoms with van der Waals surface area (Å²) in [5.41, 5.74) is 0. The minimum Gasteiger partial charge on any atom is -0.465 e. The van der Waals surface area contributed by atoms with Crippen molar-refractivity contribution in [1.82, 2.24) is 0 Å². The predicted octanol–water partition coefficient (Wildman–Crippen LogP) is 5.06. The summed E-state index contributed by atoms with van der Waals surface area (Å²) in [7, 11) is 0. The standard InChI is InChI=1S/C15H28F2O2S/c1-3-5-6-9-14(18)19-11-13-20-12-8-7-10-15(16,17)4-2/h3-13H2,1-2H3. The molecule has 0 saturated heterocycles. The first kappa shape index (κ1) is 19.7. The highest BCUT2D eigenvalue weighted by molar-refractivity contribution is 7.99. The fourth-order valence-corrected chi connectivity index (χ4v) is 2.49. The van der Waals surface area contributed by atoms with Crippen LogP contribution in [0.3, 0.4) is 0 Å². The summed E-state index contributed by atoms with van der Waals surface area (Å²) in [4.78, 5) is 11.3. The number of alkyl halides is 2. The highest BCUT2D eigenvalue weighted by atomic mass is 32.2. The van der Waals surface area contributed by atoms with Crippen molar-refractivity contribution in [3.05, 3.63) is 0 Å². The van der Waals surface area contributed by atoms with Gasteiger partial charge in [0.15, 0.2) is 0 Å². The Kier molecular flexibility index (Phi) is 12.2. The van der Waals surface area contributed by atoms with Crippen molar-refractivity contribution < 1.29 is 18.3 Å². The van der Waals surface area contributed by atoms with Crippen molar-refractivity contribution in [2.24, 2.45) is 0 Å². The van der Waals surface area contributed by atoms with E-state index in [9.17, 15) is 13.6 Å². The second-order valence-electron chi connectivity index (χ2n) is 4.96. The smallest absolute Gasteiger partial charge is 0.305 e. The van der Waals surface area contributed by atoms with Gasteiger partial charge in [0.05, 0.1) is 0 Å². The molecule has 0 rings (SSSR count). The van der Waals surface area contributed by atoms with Crippen LogP contribution in [0.1, 0.15) is 65.2 Å². The van der Waals surface area contributed by atoms with E-state index in [1.54, 1.807) is 11.8 Å². The molecule has 0 aromatic carbocycles. The number of hydrogen-bond acceptors (Lipinski definition) is 3. The summed E-state index contributed by atoms with van der Waals surface area (Å²) < 4.78 is 31.0. The number of halogens is 2. The van der Waals surface area contributed by atoms with E-state index in [0.29, 0.717) is 19.4 Å². The molecule has 0 atom stereocenters. The highest BCUT2D eigenvalue weighted by Crippen LogP contribution is 2.25. The van der Waals surface area contributed by atoms with Crippen LogP contribution in [-0.2, 0) is 9.53 Å². The van der Waals surface area contributed by atoms with Crippen LogP contribution in [-0.4, -0.2) is 30.0 Å². The molecule has 0 amide bonds. The molecule has 0 fully saturated rings. The molecule has 0 aliphatic rings. The molecule has 0 aromatic heterocycles. The lowest BCUT2D eigenvalue weighted by Crippen LogP contribution is -2.13. The minimum absolute atomic E-state index is 0.0174. The maximum Gasteiger partial charge on any atom is 0.305 e. The number of ether oxygens (including phenoxy) is 1. The number of esters is 1. The fraction of sp³-hybridized carbons (Fsp3) is 0.933. The van der Waals surface area contributed by atoms with E-state index < -0.39 is 5.92 Å². The number of carbonyl (C=O) groups excluding carboxylic acids is 1. The molecule has 20 heavy (non-hydrogen) atoms. The van der Waals surface area contributed by atoms with Gasteiger partial charge in [-0.25, -0.2) is 8.78 Å². The topological polar surface area (TPSA) is 26.3 Å². The van der Waals surface area contributed by atoms with E-state index in [1.807, 2.05) is 0 Å². The van der Waals surface area contributed by atoms with E-state index in [-0.39, 0.29) is 18.8 Å². The van der Waals surface area contributed by atoms with Gasteiger partial charge in [-0.2, -0.15) is 11.8 Å². The molecule has 0 bridgehead atoms. The Morgan fingerprint density at radius 1 is 1.10 bits per heavy atom. The third-order valence-electron chi connectivity index (χ3n) is 3.07. The van der Waals surface area contributed by atoms with E-state index in [0.717, 1.165) is 37.2 Å². The van der Waals surface area contributed by atoms with Crippen LogP contribution < -0.4 is 0 Å².